The summed E-state index contributed by atoms with van der Waals surface area (Å²) in [4.78, 5) is 0. The lowest BCUT2D eigenvalue weighted by atomic mass is 9.78. The van der Waals surface area contributed by atoms with E-state index in [-0.39, 0.29) is 24.9 Å². The van der Waals surface area contributed by atoms with Crippen molar-refractivity contribution in [2.75, 3.05) is 13.2 Å². The number of hydrogen-bond donors (Lipinski definition) is 0. The first-order chi connectivity index (χ1) is 8.35. The average Bonchev–Trinajstić information content (AvgIpc) is 2.15. The first-order valence-corrected chi connectivity index (χ1v) is 5.77. The fraction of sp³-hybridized carbons (Fsp3) is 0.538. The van der Waals surface area contributed by atoms with E-state index in [4.69, 9.17) is 9.47 Å². The lowest BCUT2D eigenvalue weighted by Crippen LogP contribution is -2.57. The van der Waals surface area contributed by atoms with Crippen molar-refractivity contribution >= 4 is 0 Å². The minimum Gasteiger partial charge on any atom is -0.491 e. The number of hydrogen-bond acceptors (Lipinski definition) is 2. The maximum Gasteiger partial charge on any atom is 0.402 e. The zero-order valence-corrected chi connectivity index (χ0v) is 10.3. The van der Waals surface area contributed by atoms with Gasteiger partial charge in [-0.2, -0.15) is 13.2 Å². The molecule has 1 aliphatic heterocycles. The number of alkyl halides is 3. The molecule has 2 rings (SSSR count). The molecule has 0 N–H and O–H groups in total. The fourth-order valence-electron chi connectivity index (χ4n) is 1.92. The molecule has 1 fully saturated rings. The summed E-state index contributed by atoms with van der Waals surface area (Å²) in [6, 6.07) is 6.07. The van der Waals surface area contributed by atoms with Crippen LogP contribution in [0.4, 0.5) is 13.2 Å². The second kappa shape index (κ2) is 4.46. The zero-order valence-electron chi connectivity index (χ0n) is 10.3. The van der Waals surface area contributed by atoms with E-state index in [1.807, 2.05) is 13.8 Å². The van der Waals surface area contributed by atoms with Crippen LogP contribution in [-0.2, 0) is 10.2 Å². The fourth-order valence-corrected chi connectivity index (χ4v) is 1.92. The van der Waals surface area contributed by atoms with Crippen LogP contribution in [-0.4, -0.2) is 25.5 Å². The molecule has 0 amide bonds. The van der Waals surface area contributed by atoms with Crippen LogP contribution in [0.2, 0.25) is 0 Å². The molecule has 18 heavy (non-hydrogen) atoms. The lowest BCUT2D eigenvalue weighted by Gasteiger charge is -2.43. The van der Waals surface area contributed by atoms with Gasteiger partial charge in [-0.25, -0.2) is 0 Å². The third kappa shape index (κ3) is 2.19. The second-order valence-electron chi connectivity index (χ2n) is 4.76. The monoisotopic (exact) mass is 260 g/mol. The second-order valence-corrected chi connectivity index (χ2v) is 4.76. The van der Waals surface area contributed by atoms with Gasteiger partial charge in [0.2, 0.25) is 0 Å². The van der Waals surface area contributed by atoms with Gasteiger partial charge in [0.25, 0.3) is 0 Å². The molecule has 100 valence electrons. The predicted octanol–water partition coefficient (Wildman–Crippen LogP) is 3.30. The highest BCUT2D eigenvalue weighted by atomic mass is 19.4. The van der Waals surface area contributed by atoms with Gasteiger partial charge in [-0.3, -0.25) is 0 Å². The van der Waals surface area contributed by atoms with E-state index >= 15 is 0 Å². The molecule has 0 bridgehead atoms. The van der Waals surface area contributed by atoms with E-state index in [0.29, 0.717) is 5.75 Å². The minimum absolute atomic E-state index is 0.000498. The highest BCUT2D eigenvalue weighted by Gasteiger charge is 2.60. The third-order valence-electron chi connectivity index (χ3n) is 3.02. The summed E-state index contributed by atoms with van der Waals surface area (Å²) >= 11 is 0. The Bertz CT molecular complexity index is 405. The molecule has 0 saturated carbocycles. The van der Waals surface area contributed by atoms with Crippen LogP contribution in [0.1, 0.15) is 19.4 Å². The largest absolute Gasteiger partial charge is 0.491 e. The molecule has 2 nitrogen and oxygen atoms in total. The number of halogens is 3. The maximum atomic E-state index is 13.0. The molecule has 0 unspecified atom stereocenters. The zero-order chi connectivity index (χ0) is 13.4. The summed E-state index contributed by atoms with van der Waals surface area (Å²) in [5, 5.41) is 0. The smallest absolute Gasteiger partial charge is 0.402 e. The molecule has 0 aliphatic carbocycles. The maximum absolute atomic E-state index is 13.0. The minimum atomic E-state index is -4.29. The van der Waals surface area contributed by atoms with Crippen molar-refractivity contribution in [2.45, 2.75) is 31.5 Å². The normalized spacial score (nSPS) is 18.6. The van der Waals surface area contributed by atoms with Crippen LogP contribution < -0.4 is 4.74 Å². The van der Waals surface area contributed by atoms with Crippen LogP contribution in [0.15, 0.2) is 24.3 Å². The van der Waals surface area contributed by atoms with Crippen LogP contribution >= 0.6 is 0 Å². The van der Waals surface area contributed by atoms with Gasteiger partial charge in [-0.05, 0) is 31.5 Å². The molecule has 1 aromatic carbocycles. The Balaban J connectivity index is 2.23. The Morgan fingerprint density at radius 1 is 1.17 bits per heavy atom. The van der Waals surface area contributed by atoms with Gasteiger partial charge < -0.3 is 9.47 Å². The van der Waals surface area contributed by atoms with Crippen molar-refractivity contribution in [3.8, 4) is 5.75 Å². The number of benzene rings is 1. The molecule has 0 aromatic heterocycles. The van der Waals surface area contributed by atoms with E-state index in [1.54, 1.807) is 12.1 Å². The van der Waals surface area contributed by atoms with Gasteiger partial charge >= 0.3 is 6.18 Å². The van der Waals surface area contributed by atoms with Gasteiger partial charge in [0.1, 0.15) is 11.2 Å². The highest BCUT2D eigenvalue weighted by Crippen LogP contribution is 2.46. The van der Waals surface area contributed by atoms with Gasteiger partial charge in [-0.1, -0.05) is 12.1 Å². The number of ether oxygens (including phenoxy) is 2. The molecular weight excluding hydrogens is 245 g/mol. The quantitative estimate of drug-likeness (QED) is 0.830. The van der Waals surface area contributed by atoms with Crippen molar-refractivity contribution in [3.05, 3.63) is 29.8 Å². The van der Waals surface area contributed by atoms with Gasteiger partial charge in [0.15, 0.2) is 0 Å². The SMILES string of the molecule is CC(C)Oc1ccc(C2(C(F)(F)F)COC2)cc1. The van der Waals surface area contributed by atoms with E-state index in [9.17, 15) is 13.2 Å². The standard InChI is InChI=1S/C13H15F3O2/c1-9(2)18-11-5-3-10(4-6-11)12(7-17-8-12)13(14,15)16/h3-6,9H,7-8H2,1-2H3. The van der Waals surface area contributed by atoms with Crippen molar-refractivity contribution in [2.24, 2.45) is 0 Å². The molecular formula is C13H15F3O2. The molecule has 1 heterocycles. The summed E-state index contributed by atoms with van der Waals surface area (Å²) in [5.41, 5.74) is -1.61. The van der Waals surface area contributed by atoms with E-state index in [1.165, 1.54) is 12.1 Å². The Morgan fingerprint density at radius 2 is 1.72 bits per heavy atom. The summed E-state index contributed by atoms with van der Waals surface area (Å²) < 4.78 is 49.3. The van der Waals surface area contributed by atoms with Crippen molar-refractivity contribution in [3.63, 3.8) is 0 Å². The molecule has 1 aromatic rings. The summed E-state index contributed by atoms with van der Waals surface area (Å²) in [6.45, 7) is 3.12. The van der Waals surface area contributed by atoms with Gasteiger partial charge in [-0.15, -0.1) is 0 Å². The van der Waals surface area contributed by atoms with E-state index in [2.05, 4.69) is 0 Å². The van der Waals surface area contributed by atoms with E-state index < -0.39 is 11.6 Å². The Kier molecular flexibility index (Phi) is 3.27. The van der Waals surface area contributed by atoms with Crippen molar-refractivity contribution < 1.29 is 22.6 Å². The topological polar surface area (TPSA) is 18.5 Å². The molecule has 1 aliphatic rings. The van der Waals surface area contributed by atoms with Crippen molar-refractivity contribution in [1.82, 2.24) is 0 Å². The van der Waals surface area contributed by atoms with Crippen molar-refractivity contribution in [1.29, 1.82) is 0 Å². The lowest BCUT2D eigenvalue weighted by molar-refractivity contribution is -0.262. The Morgan fingerprint density at radius 3 is 2.06 bits per heavy atom. The summed E-state index contributed by atoms with van der Waals surface area (Å²) in [5.74, 6) is 0.575. The van der Waals surface area contributed by atoms with Gasteiger partial charge in [0.05, 0.1) is 19.3 Å². The van der Waals surface area contributed by atoms with Crippen LogP contribution in [0.5, 0.6) is 5.75 Å². The number of rotatable bonds is 3. The van der Waals surface area contributed by atoms with Crippen LogP contribution in [0.3, 0.4) is 0 Å². The molecule has 5 heteroatoms. The Labute approximate surface area is 104 Å². The molecule has 1 saturated heterocycles. The third-order valence-corrected chi connectivity index (χ3v) is 3.02. The highest BCUT2D eigenvalue weighted by molar-refractivity contribution is 5.35. The molecule has 0 radical (unpaired) electrons. The first-order valence-electron chi connectivity index (χ1n) is 5.77. The predicted molar refractivity (Wildman–Crippen MR) is 60.8 cm³/mol. The summed E-state index contributed by atoms with van der Waals surface area (Å²) in [6.07, 6.45) is -4.29. The molecule has 0 spiro atoms. The first kappa shape index (κ1) is 13.2. The van der Waals surface area contributed by atoms with Crippen LogP contribution in [0, 0.1) is 0 Å². The molecule has 0 atom stereocenters. The van der Waals surface area contributed by atoms with Gasteiger partial charge in [0, 0.05) is 0 Å². The van der Waals surface area contributed by atoms with E-state index in [0.717, 1.165) is 0 Å². The average molecular weight is 260 g/mol. The van der Waals surface area contributed by atoms with Crippen LogP contribution in [0.25, 0.3) is 0 Å². The summed E-state index contributed by atoms with van der Waals surface area (Å²) in [7, 11) is 0. The Hall–Kier alpha value is -1.23.